The van der Waals surface area contributed by atoms with Gasteiger partial charge in [-0.1, -0.05) is 39.0 Å². The summed E-state index contributed by atoms with van der Waals surface area (Å²) in [6.45, 7) is 8.11. The molecule has 7 heteroatoms. The smallest absolute Gasteiger partial charge is 0.258 e. The first-order valence-electron chi connectivity index (χ1n) is 11.0. The highest BCUT2D eigenvalue weighted by Crippen LogP contribution is 2.33. The van der Waals surface area contributed by atoms with Crippen LogP contribution in [0.4, 0.5) is 10.1 Å². The van der Waals surface area contributed by atoms with Gasteiger partial charge in [-0.05, 0) is 70.5 Å². The van der Waals surface area contributed by atoms with E-state index in [1.165, 1.54) is 12.1 Å². The van der Waals surface area contributed by atoms with Crippen molar-refractivity contribution >= 4 is 23.3 Å². The Morgan fingerprint density at radius 2 is 1.76 bits per heavy atom. The first-order valence-corrected chi connectivity index (χ1v) is 11.0. The molecular weight excluding hydrogens is 431 g/mol. The zero-order chi connectivity index (χ0) is 24.8. The van der Waals surface area contributed by atoms with Crippen LogP contribution >= 0.6 is 0 Å². The Balaban J connectivity index is 1.70. The summed E-state index contributed by atoms with van der Waals surface area (Å²) in [4.78, 5) is 29.2. The van der Waals surface area contributed by atoms with Crippen LogP contribution in [0.3, 0.4) is 0 Å². The number of anilines is 1. The lowest BCUT2D eigenvalue weighted by Crippen LogP contribution is -2.17. The second-order valence-corrected chi connectivity index (χ2v) is 9.49. The minimum atomic E-state index is -0.571. The van der Waals surface area contributed by atoms with Gasteiger partial charge in [-0.25, -0.2) is 4.39 Å². The van der Waals surface area contributed by atoms with Crippen LogP contribution in [0.15, 0.2) is 53.5 Å². The molecule has 34 heavy (non-hydrogen) atoms. The Morgan fingerprint density at radius 1 is 1.03 bits per heavy atom. The predicted octanol–water partition coefficient (Wildman–Crippen LogP) is 4.67. The predicted molar refractivity (Wildman–Crippen MR) is 133 cm³/mol. The van der Waals surface area contributed by atoms with Crippen molar-refractivity contribution in [1.82, 2.24) is 0 Å². The molecule has 0 unspecified atom stereocenters. The number of benzene rings is 3. The Labute approximate surface area is 197 Å². The molecule has 0 radical (unpaired) electrons. The lowest BCUT2D eigenvalue weighted by atomic mass is 9.86. The molecule has 4 rings (SSSR count). The van der Waals surface area contributed by atoms with E-state index in [-0.39, 0.29) is 11.0 Å². The summed E-state index contributed by atoms with van der Waals surface area (Å²) >= 11 is 0. The van der Waals surface area contributed by atoms with Gasteiger partial charge in [-0.3, -0.25) is 14.6 Å². The second-order valence-electron chi connectivity index (χ2n) is 9.49. The lowest BCUT2D eigenvalue weighted by molar-refractivity contribution is 0.0996. The van der Waals surface area contributed by atoms with Crippen molar-refractivity contribution in [2.45, 2.75) is 39.7 Å². The van der Waals surface area contributed by atoms with Crippen molar-refractivity contribution < 1.29 is 14.0 Å². The van der Waals surface area contributed by atoms with Gasteiger partial charge in [0.2, 0.25) is 5.91 Å². The summed E-state index contributed by atoms with van der Waals surface area (Å²) in [5.41, 5.74) is 16.7. The number of nitrogens with zero attached hydrogens (tertiary/aromatic N) is 1. The maximum Gasteiger partial charge on any atom is 0.258 e. The fourth-order valence-electron chi connectivity index (χ4n) is 4.13. The number of nitrogens with two attached hydrogens (primary N) is 2. The summed E-state index contributed by atoms with van der Waals surface area (Å²) in [5, 5.41) is 2.82. The zero-order valence-electron chi connectivity index (χ0n) is 19.6. The Bertz CT molecular complexity index is 1370. The molecule has 0 atom stereocenters. The van der Waals surface area contributed by atoms with E-state index in [4.69, 9.17) is 11.5 Å². The number of halogens is 1. The zero-order valence-corrected chi connectivity index (χ0v) is 19.6. The third-order valence-corrected chi connectivity index (χ3v) is 6.17. The van der Waals surface area contributed by atoms with Crippen molar-refractivity contribution in [3.05, 3.63) is 87.7 Å². The largest absolute Gasteiger partial charge is 0.383 e. The minimum absolute atomic E-state index is 0.0321. The first kappa shape index (κ1) is 23.2. The van der Waals surface area contributed by atoms with Gasteiger partial charge in [0.05, 0.1) is 12.1 Å². The van der Waals surface area contributed by atoms with Crippen LogP contribution in [0, 0.1) is 12.7 Å². The minimum Gasteiger partial charge on any atom is -0.383 e. The number of hydrogen-bond acceptors (Lipinski definition) is 4. The van der Waals surface area contributed by atoms with E-state index in [1.807, 2.05) is 39.8 Å². The molecule has 0 aliphatic carbocycles. The van der Waals surface area contributed by atoms with Crippen molar-refractivity contribution in [1.29, 1.82) is 0 Å². The summed E-state index contributed by atoms with van der Waals surface area (Å²) in [7, 11) is 0. The van der Waals surface area contributed by atoms with E-state index in [1.54, 1.807) is 24.3 Å². The van der Waals surface area contributed by atoms with E-state index >= 15 is 0 Å². The fourth-order valence-corrected chi connectivity index (χ4v) is 4.13. The van der Waals surface area contributed by atoms with Gasteiger partial charge in [0, 0.05) is 16.8 Å². The van der Waals surface area contributed by atoms with Crippen LogP contribution in [0.1, 0.15) is 63.7 Å². The molecule has 3 aromatic carbocycles. The molecule has 174 valence electrons. The molecule has 0 fully saturated rings. The molecular formula is C27H27FN4O2. The van der Waals surface area contributed by atoms with Gasteiger partial charge >= 0.3 is 0 Å². The summed E-state index contributed by atoms with van der Waals surface area (Å²) in [6, 6.07) is 13.7. The number of nitrogens with one attached hydrogen (secondary N) is 1. The monoisotopic (exact) mass is 458 g/mol. The first-order chi connectivity index (χ1) is 16.0. The Kier molecular flexibility index (Phi) is 5.73. The highest BCUT2D eigenvalue weighted by molar-refractivity contribution is 6.07. The molecule has 3 aromatic rings. The van der Waals surface area contributed by atoms with E-state index in [0.717, 1.165) is 22.3 Å². The highest BCUT2D eigenvalue weighted by atomic mass is 19.1. The van der Waals surface area contributed by atoms with E-state index in [0.29, 0.717) is 34.8 Å². The van der Waals surface area contributed by atoms with Crippen molar-refractivity contribution in [2.24, 2.45) is 16.5 Å². The molecule has 0 saturated heterocycles. The number of carbonyl (C=O) groups excluding carboxylic acids is 2. The van der Waals surface area contributed by atoms with Gasteiger partial charge < -0.3 is 16.8 Å². The highest BCUT2D eigenvalue weighted by Gasteiger charge is 2.23. The number of amides is 2. The SMILES string of the molecule is Cc1c(NC(=O)c2ccc(C(C)(C)C)cc2F)cccc1-c1cc(C(N)=O)c2c(c1)C(N)=NC2. The average molecular weight is 459 g/mol. The normalized spacial score (nSPS) is 12.8. The van der Waals surface area contributed by atoms with Crippen LogP contribution in [0.2, 0.25) is 0 Å². The Hall–Kier alpha value is -4.00. The van der Waals surface area contributed by atoms with E-state index in [9.17, 15) is 14.0 Å². The standard InChI is InChI=1S/C27H27FN4O2/c1-14-17(15-10-19-21(13-31-24(19)29)20(11-15)25(30)33)6-5-7-23(14)32-26(34)18-9-8-16(12-22(18)28)27(2,3)4/h5-12H,13H2,1-4H3,(H2,29,31)(H2,30,33)(H,32,34). The molecule has 2 amide bonds. The van der Waals surface area contributed by atoms with E-state index in [2.05, 4.69) is 10.3 Å². The number of amidine groups is 1. The van der Waals surface area contributed by atoms with E-state index < -0.39 is 17.6 Å². The summed E-state index contributed by atoms with van der Waals surface area (Å²) in [6.07, 6.45) is 0. The number of rotatable bonds is 4. The van der Waals surface area contributed by atoms with Crippen LogP contribution in [0.25, 0.3) is 11.1 Å². The van der Waals surface area contributed by atoms with Gasteiger partial charge in [0.15, 0.2) is 0 Å². The molecule has 1 heterocycles. The molecule has 0 saturated carbocycles. The summed E-state index contributed by atoms with van der Waals surface area (Å²) in [5.74, 6) is -1.31. The lowest BCUT2D eigenvalue weighted by Gasteiger charge is -2.20. The number of fused-ring (bicyclic) bond motifs is 1. The van der Waals surface area contributed by atoms with Crippen LogP contribution < -0.4 is 16.8 Å². The topological polar surface area (TPSA) is 111 Å². The fraction of sp³-hybridized carbons (Fsp3) is 0.222. The molecule has 0 spiro atoms. The van der Waals surface area contributed by atoms with Crippen LogP contribution in [-0.2, 0) is 12.0 Å². The third-order valence-electron chi connectivity index (χ3n) is 6.17. The average Bonchev–Trinajstić information content (AvgIpc) is 3.14. The van der Waals surface area contributed by atoms with Gasteiger partial charge in [0.25, 0.3) is 5.91 Å². The van der Waals surface area contributed by atoms with Crippen molar-refractivity contribution in [3.8, 4) is 11.1 Å². The summed E-state index contributed by atoms with van der Waals surface area (Å²) < 4.78 is 14.7. The maximum atomic E-state index is 14.7. The van der Waals surface area contributed by atoms with Gasteiger partial charge in [-0.15, -0.1) is 0 Å². The number of aliphatic imine (C=N–C) groups is 1. The molecule has 0 aromatic heterocycles. The molecule has 1 aliphatic heterocycles. The van der Waals surface area contributed by atoms with Gasteiger partial charge in [-0.2, -0.15) is 0 Å². The molecule has 5 N–H and O–H groups in total. The quantitative estimate of drug-likeness (QED) is 0.528. The second kappa shape index (κ2) is 8.41. The molecule has 6 nitrogen and oxygen atoms in total. The Morgan fingerprint density at radius 3 is 2.41 bits per heavy atom. The van der Waals surface area contributed by atoms with Crippen LogP contribution in [-0.4, -0.2) is 17.6 Å². The van der Waals surface area contributed by atoms with Gasteiger partial charge in [0.1, 0.15) is 11.7 Å². The number of carbonyl (C=O) groups is 2. The van der Waals surface area contributed by atoms with Crippen molar-refractivity contribution in [2.75, 3.05) is 5.32 Å². The molecule has 0 bridgehead atoms. The molecule has 1 aliphatic rings. The van der Waals surface area contributed by atoms with Crippen molar-refractivity contribution in [3.63, 3.8) is 0 Å². The maximum absolute atomic E-state index is 14.7. The number of primary amides is 1. The number of hydrogen-bond donors (Lipinski definition) is 3. The van der Waals surface area contributed by atoms with Crippen LogP contribution in [0.5, 0.6) is 0 Å². The third kappa shape index (κ3) is 4.17.